The predicted octanol–water partition coefficient (Wildman–Crippen LogP) is 1.62. The predicted molar refractivity (Wildman–Crippen MR) is 79.1 cm³/mol. The van der Waals surface area contributed by atoms with Crippen LogP contribution >= 0.6 is 11.8 Å². The molecule has 0 saturated carbocycles. The van der Waals surface area contributed by atoms with Crippen molar-refractivity contribution in [2.45, 2.75) is 6.42 Å². The third kappa shape index (κ3) is 3.95. The van der Waals surface area contributed by atoms with Gasteiger partial charge < -0.3 is 10.6 Å². The standard InChI is InChI=1S/C12H14N4O3S/c17-11(15-12-14-7-8-20-12)5-6-13-9-3-1-2-4-10(9)16(18)19/h1-4,13H,5-8H2,(H,14,15,17). The third-order valence-electron chi connectivity index (χ3n) is 2.60. The second kappa shape index (κ2) is 6.90. The SMILES string of the molecule is O=C(CCNc1ccccc1[N+](=O)[O-])NC1=NCCS1. The minimum absolute atomic E-state index is 0.00336. The molecule has 0 aromatic heterocycles. The largest absolute Gasteiger partial charge is 0.379 e. The Morgan fingerprint density at radius 2 is 2.25 bits per heavy atom. The number of aliphatic imine (C=N–C) groups is 1. The fourth-order valence-corrected chi connectivity index (χ4v) is 2.43. The maximum Gasteiger partial charge on any atom is 0.292 e. The van der Waals surface area contributed by atoms with Crippen LogP contribution in [0.15, 0.2) is 29.3 Å². The number of para-hydroxylation sites is 2. The van der Waals surface area contributed by atoms with Crippen molar-refractivity contribution in [2.24, 2.45) is 4.99 Å². The Hall–Kier alpha value is -2.09. The number of hydrogen-bond donors (Lipinski definition) is 2. The molecule has 8 heteroatoms. The van der Waals surface area contributed by atoms with Crippen LogP contribution in [0.2, 0.25) is 0 Å². The number of carbonyl (C=O) groups excluding carboxylic acids is 1. The summed E-state index contributed by atoms with van der Waals surface area (Å²) in [6.45, 7) is 1.06. The van der Waals surface area contributed by atoms with Crippen molar-refractivity contribution in [3.63, 3.8) is 0 Å². The Kier molecular flexibility index (Phi) is 4.94. The Balaban J connectivity index is 1.81. The van der Waals surface area contributed by atoms with Crippen LogP contribution in [-0.4, -0.2) is 34.8 Å². The molecule has 1 aromatic carbocycles. The van der Waals surface area contributed by atoms with Gasteiger partial charge in [0.2, 0.25) is 5.91 Å². The summed E-state index contributed by atoms with van der Waals surface area (Å²) in [5.41, 5.74) is 0.418. The molecule has 0 unspecified atom stereocenters. The first-order valence-corrected chi connectivity index (χ1v) is 7.10. The van der Waals surface area contributed by atoms with Gasteiger partial charge in [-0.1, -0.05) is 23.9 Å². The molecule has 1 aliphatic rings. The summed E-state index contributed by atoms with van der Waals surface area (Å²) in [5.74, 6) is 0.744. The number of anilines is 1. The van der Waals surface area contributed by atoms with Crippen molar-refractivity contribution in [1.29, 1.82) is 0 Å². The molecule has 1 amide bonds. The quantitative estimate of drug-likeness (QED) is 0.635. The molecule has 2 N–H and O–H groups in total. The van der Waals surface area contributed by atoms with Gasteiger partial charge in [0.1, 0.15) is 5.69 Å². The van der Waals surface area contributed by atoms with E-state index in [2.05, 4.69) is 15.6 Å². The summed E-state index contributed by atoms with van der Waals surface area (Å²) in [6.07, 6.45) is 0.228. The average Bonchev–Trinajstić information content (AvgIpc) is 2.92. The number of rotatable bonds is 5. The number of benzene rings is 1. The Morgan fingerprint density at radius 1 is 1.45 bits per heavy atom. The highest BCUT2D eigenvalue weighted by molar-refractivity contribution is 8.14. The highest BCUT2D eigenvalue weighted by Gasteiger charge is 2.13. The Bertz CT molecular complexity index is 547. The second-order valence-corrected chi connectivity index (χ2v) is 5.12. The zero-order chi connectivity index (χ0) is 14.4. The van der Waals surface area contributed by atoms with Gasteiger partial charge in [0.25, 0.3) is 5.69 Å². The van der Waals surface area contributed by atoms with Gasteiger partial charge >= 0.3 is 0 Å². The number of thioether (sulfide) groups is 1. The minimum Gasteiger partial charge on any atom is -0.379 e. The van der Waals surface area contributed by atoms with Gasteiger partial charge in [0.05, 0.1) is 11.5 Å². The molecule has 0 radical (unpaired) electrons. The van der Waals surface area contributed by atoms with Crippen molar-refractivity contribution in [3.05, 3.63) is 34.4 Å². The van der Waals surface area contributed by atoms with Gasteiger partial charge in [0.15, 0.2) is 5.17 Å². The van der Waals surface area contributed by atoms with E-state index in [0.29, 0.717) is 17.4 Å². The number of amides is 1. The van der Waals surface area contributed by atoms with Crippen LogP contribution in [0.25, 0.3) is 0 Å². The maximum absolute atomic E-state index is 11.6. The van der Waals surface area contributed by atoms with Gasteiger partial charge in [0, 0.05) is 24.8 Å². The fraction of sp³-hybridized carbons (Fsp3) is 0.333. The molecule has 1 aromatic rings. The summed E-state index contributed by atoms with van der Waals surface area (Å²) in [7, 11) is 0. The topological polar surface area (TPSA) is 96.6 Å². The van der Waals surface area contributed by atoms with Crippen molar-refractivity contribution in [2.75, 3.05) is 24.2 Å². The van der Waals surface area contributed by atoms with Crippen LogP contribution in [0.5, 0.6) is 0 Å². The fourth-order valence-electron chi connectivity index (χ4n) is 1.69. The van der Waals surface area contributed by atoms with Crippen LogP contribution in [0.3, 0.4) is 0 Å². The lowest BCUT2D eigenvalue weighted by Gasteiger charge is -2.07. The summed E-state index contributed by atoms with van der Waals surface area (Å²) in [5, 5.41) is 17.1. The molecule has 7 nitrogen and oxygen atoms in total. The first kappa shape index (κ1) is 14.3. The summed E-state index contributed by atoms with van der Waals surface area (Å²) < 4.78 is 0. The van der Waals surface area contributed by atoms with E-state index in [4.69, 9.17) is 0 Å². The molecule has 0 spiro atoms. The van der Waals surface area contributed by atoms with Gasteiger partial charge in [-0.3, -0.25) is 19.9 Å². The van der Waals surface area contributed by atoms with Crippen molar-refractivity contribution < 1.29 is 9.72 Å². The molecule has 0 bridgehead atoms. The second-order valence-electron chi connectivity index (χ2n) is 4.03. The van der Waals surface area contributed by atoms with Crippen LogP contribution in [0.1, 0.15) is 6.42 Å². The monoisotopic (exact) mass is 294 g/mol. The molecule has 1 aliphatic heterocycles. The molecule has 1 heterocycles. The Morgan fingerprint density at radius 3 is 2.95 bits per heavy atom. The lowest BCUT2D eigenvalue weighted by atomic mass is 10.2. The van der Waals surface area contributed by atoms with E-state index in [1.807, 2.05) is 0 Å². The molecular formula is C12H14N4O3S. The number of hydrogen-bond acceptors (Lipinski definition) is 6. The first-order valence-electron chi connectivity index (χ1n) is 6.11. The van der Waals surface area contributed by atoms with Crippen LogP contribution < -0.4 is 10.6 Å². The number of nitro benzene ring substituents is 1. The molecule has 20 heavy (non-hydrogen) atoms. The van der Waals surface area contributed by atoms with E-state index < -0.39 is 4.92 Å². The first-order chi connectivity index (χ1) is 9.66. The molecule has 0 atom stereocenters. The maximum atomic E-state index is 11.6. The normalized spacial score (nSPS) is 13.7. The van der Waals surface area contributed by atoms with Crippen molar-refractivity contribution in [1.82, 2.24) is 5.32 Å². The number of nitro groups is 1. The van der Waals surface area contributed by atoms with E-state index >= 15 is 0 Å². The highest BCUT2D eigenvalue weighted by atomic mass is 32.2. The number of nitrogens with zero attached hydrogens (tertiary/aromatic N) is 2. The van der Waals surface area contributed by atoms with Crippen molar-refractivity contribution >= 4 is 34.2 Å². The van der Waals surface area contributed by atoms with Gasteiger partial charge in [-0.25, -0.2) is 0 Å². The summed E-state index contributed by atoms with van der Waals surface area (Å²) in [4.78, 5) is 26.1. The molecule has 0 fully saturated rings. The smallest absolute Gasteiger partial charge is 0.292 e. The molecular weight excluding hydrogens is 280 g/mol. The van der Waals surface area contributed by atoms with E-state index in [1.165, 1.54) is 17.8 Å². The average molecular weight is 294 g/mol. The van der Waals surface area contributed by atoms with E-state index in [-0.39, 0.29) is 18.0 Å². The summed E-state index contributed by atoms with van der Waals surface area (Å²) >= 11 is 1.52. The van der Waals surface area contributed by atoms with Crippen molar-refractivity contribution in [3.8, 4) is 0 Å². The lowest BCUT2D eigenvalue weighted by molar-refractivity contribution is -0.384. The minimum atomic E-state index is -0.452. The van der Waals surface area contributed by atoms with E-state index in [0.717, 1.165) is 12.3 Å². The zero-order valence-corrected chi connectivity index (χ0v) is 11.5. The third-order valence-corrected chi connectivity index (χ3v) is 3.49. The number of carbonyl (C=O) groups is 1. The summed E-state index contributed by atoms with van der Waals surface area (Å²) in [6, 6.07) is 6.35. The van der Waals surface area contributed by atoms with E-state index in [1.54, 1.807) is 18.2 Å². The molecule has 0 saturated heterocycles. The van der Waals surface area contributed by atoms with E-state index in [9.17, 15) is 14.9 Å². The lowest BCUT2D eigenvalue weighted by Crippen LogP contribution is -2.28. The van der Waals surface area contributed by atoms with Gasteiger partial charge in [-0.15, -0.1) is 0 Å². The molecule has 106 valence electrons. The highest BCUT2D eigenvalue weighted by Crippen LogP contribution is 2.22. The van der Waals surface area contributed by atoms with Crippen LogP contribution in [0.4, 0.5) is 11.4 Å². The number of nitrogens with one attached hydrogen (secondary N) is 2. The van der Waals surface area contributed by atoms with Crippen LogP contribution in [-0.2, 0) is 4.79 Å². The molecule has 2 rings (SSSR count). The Labute approximate surface area is 120 Å². The number of amidine groups is 1. The van der Waals surface area contributed by atoms with Gasteiger partial charge in [-0.2, -0.15) is 0 Å². The van der Waals surface area contributed by atoms with Gasteiger partial charge in [-0.05, 0) is 6.07 Å². The van der Waals surface area contributed by atoms with Crippen LogP contribution in [0, 0.1) is 10.1 Å². The zero-order valence-electron chi connectivity index (χ0n) is 10.7. The molecule has 0 aliphatic carbocycles.